The first kappa shape index (κ1) is 22.4. The number of carbonyl (C=O) groups excluding carboxylic acids is 2. The molecule has 174 valence electrons. The number of ether oxygens (including phenoxy) is 1. The number of amides is 1. The Morgan fingerprint density at radius 3 is 2.94 bits per heavy atom. The van der Waals surface area contributed by atoms with E-state index in [0.29, 0.717) is 40.5 Å². The van der Waals surface area contributed by atoms with Gasteiger partial charge in [-0.05, 0) is 53.8 Å². The highest BCUT2D eigenvalue weighted by atomic mass is 32.2. The Balaban J connectivity index is 1.45. The predicted octanol–water partition coefficient (Wildman–Crippen LogP) is 3.56. The lowest BCUT2D eigenvalue weighted by Gasteiger charge is -2.27. The van der Waals surface area contributed by atoms with Crippen molar-refractivity contribution in [3.8, 4) is 0 Å². The molecule has 5 rings (SSSR count). The number of hydrogen-bond acceptors (Lipinski definition) is 8. The number of hydrogen-bond donors (Lipinski definition) is 0. The van der Waals surface area contributed by atoms with Crippen molar-refractivity contribution in [2.24, 2.45) is 0 Å². The van der Waals surface area contributed by atoms with Crippen molar-refractivity contribution in [2.45, 2.75) is 24.7 Å². The normalized spacial score (nSPS) is 13.1. The van der Waals surface area contributed by atoms with E-state index in [2.05, 4.69) is 16.4 Å². The second-order valence-electron chi connectivity index (χ2n) is 7.81. The van der Waals surface area contributed by atoms with Gasteiger partial charge in [-0.25, -0.2) is 9.78 Å². The number of thiophene rings is 1. The minimum atomic E-state index is -0.509. The minimum Gasteiger partial charge on any atom is -0.467 e. The zero-order valence-corrected chi connectivity index (χ0v) is 20.0. The largest absolute Gasteiger partial charge is 0.467 e. The highest BCUT2D eigenvalue weighted by Crippen LogP contribution is 2.26. The van der Waals surface area contributed by atoms with E-state index in [9.17, 15) is 14.4 Å². The highest BCUT2D eigenvalue weighted by molar-refractivity contribution is 7.99. The first-order valence-electron chi connectivity index (χ1n) is 10.6. The second kappa shape index (κ2) is 9.47. The highest BCUT2D eigenvalue weighted by Gasteiger charge is 2.23. The average Bonchev–Trinajstić information content (AvgIpc) is 3.55. The molecule has 4 heterocycles. The Bertz CT molecular complexity index is 1420. The van der Waals surface area contributed by atoms with E-state index in [1.54, 1.807) is 41.9 Å². The summed E-state index contributed by atoms with van der Waals surface area (Å²) in [6, 6.07) is 10.2. The van der Waals surface area contributed by atoms with E-state index in [0.717, 1.165) is 6.42 Å². The Morgan fingerprint density at radius 1 is 1.26 bits per heavy atom. The smallest absolute Gasteiger partial charge is 0.337 e. The zero-order valence-electron chi connectivity index (χ0n) is 18.4. The SMILES string of the molecule is COC(=O)c1ccc2c(=O)n(Cc3ccco3)c(SCC(=O)N3CCc4sccc4C3)nc2c1. The molecule has 0 saturated heterocycles. The molecule has 34 heavy (non-hydrogen) atoms. The molecule has 0 fully saturated rings. The fourth-order valence-electron chi connectivity index (χ4n) is 3.93. The lowest BCUT2D eigenvalue weighted by molar-refractivity contribution is -0.129. The third-order valence-electron chi connectivity index (χ3n) is 5.72. The van der Waals surface area contributed by atoms with Crippen molar-refractivity contribution in [1.82, 2.24) is 14.5 Å². The number of benzene rings is 1. The summed E-state index contributed by atoms with van der Waals surface area (Å²) in [5.41, 5.74) is 1.61. The van der Waals surface area contributed by atoms with Gasteiger partial charge >= 0.3 is 5.97 Å². The standard InChI is InChI=1S/C24H21N3O5S2/c1-31-23(30)15-4-5-18-19(11-15)25-24(27(22(18)29)13-17-3-2-9-32-17)34-14-21(28)26-8-6-20-16(12-26)7-10-33-20/h2-5,7,9-11H,6,8,12-14H2,1H3. The molecule has 0 atom stereocenters. The molecule has 0 saturated carbocycles. The molecule has 0 bridgehead atoms. The average molecular weight is 496 g/mol. The first-order valence-corrected chi connectivity index (χ1v) is 12.5. The number of methoxy groups -OCH3 is 1. The summed E-state index contributed by atoms with van der Waals surface area (Å²) >= 11 is 2.94. The minimum absolute atomic E-state index is 0.0101. The van der Waals surface area contributed by atoms with E-state index in [4.69, 9.17) is 9.15 Å². The van der Waals surface area contributed by atoms with E-state index < -0.39 is 5.97 Å². The molecular weight excluding hydrogens is 474 g/mol. The fraction of sp³-hybridized carbons (Fsp3) is 0.250. The van der Waals surface area contributed by atoms with Crippen LogP contribution >= 0.6 is 23.1 Å². The Labute approximate surface area is 203 Å². The van der Waals surface area contributed by atoms with Gasteiger partial charge in [-0.1, -0.05) is 11.8 Å². The van der Waals surface area contributed by atoms with Crippen LogP contribution in [0.5, 0.6) is 0 Å². The van der Waals surface area contributed by atoms with Gasteiger partial charge in [0.05, 0.1) is 42.1 Å². The maximum Gasteiger partial charge on any atom is 0.337 e. The number of esters is 1. The van der Waals surface area contributed by atoms with Crippen molar-refractivity contribution >= 4 is 45.9 Å². The third kappa shape index (κ3) is 4.38. The molecule has 8 nitrogen and oxygen atoms in total. The molecule has 0 N–H and O–H groups in total. The second-order valence-corrected chi connectivity index (χ2v) is 9.75. The van der Waals surface area contributed by atoms with Gasteiger partial charge in [-0.3, -0.25) is 14.2 Å². The lowest BCUT2D eigenvalue weighted by Crippen LogP contribution is -2.36. The molecule has 1 aromatic carbocycles. The molecule has 0 aliphatic carbocycles. The van der Waals surface area contributed by atoms with Crippen molar-refractivity contribution in [3.05, 3.63) is 80.2 Å². The fourth-order valence-corrected chi connectivity index (χ4v) is 5.72. The summed E-state index contributed by atoms with van der Waals surface area (Å²) in [7, 11) is 1.30. The Kier molecular flexibility index (Phi) is 6.25. The summed E-state index contributed by atoms with van der Waals surface area (Å²) in [4.78, 5) is 46.1. The van der Waals surface area contributed by atoms with Gasteiger partial charge in [0.2, 0.25) is 5.91 Å². The van der Waals surface area contributed by atoms with Crippen LogP contribution in [0.2, 0.25) is 0 Å². The summed E-state index contributed by atoms with van der Waals surface area (Å²) in [6.07, 6.45) is 2.40. The van der Waals surface area contributed by atoms with Gasteiger partial charge in [0, 0.05) is 18.0 Å². The first-order chi connectivity index (χ1) is 16.5. The van der Waals surface area contributed by atoms with Crippen molar-refractivity contribution in [1.29, 1.82) is 0 Å². The van der Waals surface area contributed by atoms with Gasteiger partial charge in [0.1, 0.15) is 5.76 Å². The lowest BCUT2D eigenvalue weighted by atomic mass is 10.1. The van der Waals surface area contributed by atoms with Gasteiger partial charge in [-0.15, -0.1) is 11.3 Å². The molecule has 4 aromatic rings. The van der Waals surface area contributed by atoms with Crippen LogP contribution in [0.4, 0.5) is 0 Å². The number of carbonyl (C=O) groups is 2. The number of thioether (sulfide) groups is 1. The van der Waals surface area contributed by atoms with Crippen LogP contribution in [-0.2, 0) is 29.0 Å². The van der Waals surface area contributed by atoms with E-state index in [1.165, 1.54) is 39.9 Å². The maximum atomic E-state index is 13.3. The maximum absolute atomic E-state index is 13.3. The quantitative estimate of drug-likeness (QED) is 0.229. The topological polar surface area (TPSA) is 94.6 Å². The summed E-state index contributed by atoms with van der Waals surface area (Å²) in [5.74, 6) is 0.227. The third-order valence-corrected chi connectivity index (χ3v) is 7.70. The molecule has 1 aliphatic heterocycles. The van der Waals surface area contributed by atoms with Gasteiger partial charge < -0.3 is 14.1 Å². The summed E-state index contributed by atoms with van der Waals surface area (Å²) in [6.45, 7) is 1.47. The van der Waals surface area contributed by atoms with Crippen LogP contribution in [0.1, 0.15) is 26.6 Å². The van der Waals surface area contributed by atoms with Crippen molar-refractivity contribution in [3.63, 3.8) is 0 Å². The molecule has 1 aliphatic rings. The molecule has 3 aromatic heterocycles. The molecule has 0 unspecified atom stereocenters. The number of furan rings is 1. The van der Waals surface area contributed by atoms with Crippen LogP contribution in [0, 0.1) is 0 Å². The number of fused-ring (bicyclic) bond motifs is 2. The Hall–Kier alpha value is -3.37. The van der Waals surface area contributed by atoms with Crippen LogP contribution in [0.15, 0.2) is 62.4 Å². The summed E-state index contributed by atoms with van der Waals surface area (Å²) in [5, 5.41) is 2.82. The molecular formula is C24H21N3O5S2. The van der Waals surface area contributed by atoms with Crippen LogP contribution in [0.3, 0.4) is 0 Å². The van der Waals surface area contributed by atoms with Gasteiger partial charge in [-0.2, -0.15) is 0 Å². The molecule has 0 spiro atoms. The zero-order chi connectivity index (χ0) is 23.7. The Morgan fingerprint density at radius 2 is 2.15 bits per heavy atom. The van der Waals surface area contributed by atoms with Gasteiger partial charge in [0.25, 0.3) is 5.56 Å². The summed E-state index contributed by atoms with van der Waals surface area (Å²) < 4.78 is 11.7. The van der Waals surface area contributed by atoms with Crippen molar-refractivity contribution < 1.29 is 18.7 Å². The van der Waals surface area contributed by atoms with Crippen LogP contribution in [-0.4, -0.2) is 45.7 Å². The monoisotopic (exact) mass is 495 g/mol. The number of rotatable bonds is 6. The van der Waals surface area contributed by atoms with Crippen molar-refractivity contribution in [2.75, 3.05) is 19.4 Å². The van der Waals surface area contributed by atoms with E-state index in [-0.39, 0.29) is 23.8 Å². The molecule has 10 heteroatoms. The molecule has 0 radical (unpaired) electrons. The number of nitrogens with zero attached hydrogens (tertiary/aromatic N) is 3. The van der Waals surface area contributed by atoms with Crippen LogP contribution in [0.25, 0.3) is 10.9 Å². The van der Waals surface area contributed by atoms with Gasteiger partial charge in [0.15, 0.2) is 5.16 Å². The van der Waals surface area contributed by atoms with E-state index in [1.807, 2.05) is 4.90 Å². The van der Waals surface area contributed by atoms with E-state index >= 15 is 0 Å². The number of aromatic nitrogens is 2. The molecule has 1 amide bonds. The predicted molar refractivity (Wildman–Crippen MR) is 129 cm³/mol. The van der Waals surface area contributed by atoms with Crippen LogP contribution < -0.4 is 5.56 Å².